The third kappa shape index (κ3) is 5.90. The van der Waals surface area contributed by atoms with Crippen LogP contribution in [0.15, 0.2) is 34.9 Å². The van der Waals surface area contributed by atoms with Crippen LogP contribution in [0.4, 0.5) is 5.82 Å². The van der Waals surface area contributed by atoms with E-state index >= 15 is 0 Å². The highest BCUT2D eigenvalue weighted by atomic mass is 35.5. The van der Waals surface area contributed by atoms with Gasteiger partial charge in [-0.25, -0.2) is 0 Å². The van der Waals surface area contributed by atoms with E-state index < -0.39 is 0 Å². The molecule has 0 aliphatic heterocycles. The van der Waals surface area contributed by atoms with E-state index in [-0.39, 0.29) is 22.8 Å². The second kappa shape index (κ2) is 8.75. The summed E-state index contributed by atoms with van der Waals surface area (Å²) in [5.74, 6) is 0.829. The molecule has 0 bridgehead atoms. The molecule has 1 aromatic carbocycles. The zero-order valence-electron chi connectivity index (χ0n) is 13.3. The second-order valence-electron chi connectivity index (χ2n) is 5.17. The minimum atomic E-state index is -0.386. The first-order chi connectivity index (χ1) is 11.4. The number of nitrogens with one attached hydrogen (secondary N) is 2. The predicted molar refractivity (Wildman–Crippen MR) is 95.1 cm³/mol. The molecule has 8 heteroatoms. The first-order valence-electron chi connectivity index (χ1n) is 7.31. The Morgan fingerprint density at radius 1 is 1.33 bits per heavy atom. The maximum absolute atomic E-state index is 12.0. The van der Waals surface area contributed by atoms with Crippen molar-refractivity contribution in [2.75, 3.05) is 11.1 Å². The minimum Gasteiger partial charge on any atom is -0.360 e. The number of thioether (sulfide) groups is 1. The lowest BCUT2D eigenvalue weighted by molar-refractivity contribution is -0.118. The molecule has 2 aromatic rings. The van der Waals surface area contributed by atoms with Crippen LogP contribution < -0.4 is 10.6 Å². The van der Waals surface area contributed by atoms with Crippen LogP contribution in [-0.2, 0) is 16.1 Å². The summed E-state index contributed by atoms with van der Waals surface area (Å²) in [5.41, 5.74) is 0.963. The molecule has 2 rings (SSSR count). The van der Waals surface area contributed by atoms with Crippen LogP contribution >= 0.6 is 23.4 Å². The highest BCUT2D eigenvalue weighted by molar-refractivity contribution is 8.01. The summed E-state index contributed by atoms with van der Waals surface area (Å²) in [6.45, 7) is 3.90. The summed E-state index contributed by atoms with van der Waals surface area (Å²) < 4.78 is 4.88. The number of nitrogens with zero attached hydrogens (tertiary/aromatic N) is 1. The van der Waals surface area contributed by atoms with E-state index in [0.717, 1.165) is 5.56 Å². The summed E-state index contributed by atoms with van der Waals surface area (Å²) in [5, 5.41) is 9.41. The number of aryl methyl sites for hydroxylation is 1. The van der Waals surface area contributed by atoms with Gasteiger partial charge in [-0.3, -0.25) is 9.59 Å². The molecule has 128 valence electrons. The van der Waals surface area contributed by atoms with Gasteiger partial charge in [0.15, 0.2) is 5.82 Å². The topological polar surface area (TPSA) is 84.2 Å². The van der Waals surface area contributed by atoms with Gasteiger partial charge in [-0.1, -0.05) is 28.9 Å². The lowest BCUT2D eigenvalue weighted by atomic mass is 10.2. The van der Waals surface area contributed by atoms with Crippen LogP contribution in [-0.4, -0.2) is 28.0 Å². The lowest BCUT2D eigenvalue weighted by Gasteiger charge is -2.10. The highest BCUT2D eigenvalue weighted by Crippen LogP contribution is 2.14. The van der Waals surface area contributed by atoms with Crippen LogP contribution in [0.2, 0.25) is 5.02 Å². The normalized spacial score (nSPS) is 11.8. The molecule has 1 heterocycles. The molecule has 0 spiro atoms. The van der Waals surface area contributed by atoms with E-state index in [1.165, 1.54) is 11.8 Å². The van der Waals surface area contributed by atoms with Crippen molar-refractivity contribution in [1.29, 1.82) is 0 Å². The first kappa shape index (κ1) is 18.4. The standard InChI is InChI=1S/C16H18ClN3O3S/c1-10-7-14(20-23-10)19-16(22)11(2)24-9-15(21)18-8-12-3-5-13(17)6-4-12/h3-7,11H,8-9H2,1-2H3,(H,18,21)(H,19,20,22). The van der Waals surface area contributed by atoms with Gasteiger partial charge in [0.1, 0.15) is 5.76 Å². The molecule has 6 nitrogen and oxygen atoms in total. The van der Waals surface area contributed by atoms with Crippen molar-refractivity contribution >= 4 is 41.0 Å². The third-order valence-corrected chi connectivity index (χ3v) is 4.51. The van der Waals surface area contributed by atoms with E-state index in [1.54, 1.807) is 32.0 Å². The molecular weight excluding hydrogens is 350 g/mol. The number of anilines is 1. The van der Waals surface area contributed by atoms with Crippen molar-refractivity contribution in [3.63, 3.8) is 0 Å². The Hall–Kier alpha value is -1.99. The predicted octanol–water partition coefficient (Wildman–Crippen LogP) is 3.01. The first-order valence-corrected chi connectivity index (χ1v) is 8.73. The molecule has 2 N–H and O–H groups in total. The monoisotopic (exact) mass is 367 g/mol. The van der Waals surface area contributed by atoms with Gasteiger partial charge >= 0.3 is 0 Å². The summed E-state index contributed by atoms with van der Waals surface area (Å²) in [4.78, 5) is 23.8. The second-order valence-corrected chi connectivity index (χ2v) is 6.93. The Kier molecular flexibility index (Phi) is 6.69. The number of benzene rings is 1. The van der Waals surface area contributed by atoms with Gasteiger partial charge < -0.3 is 15.2 Å². The van der Waals surface area contributed by atoms with Crippen molar-refractivity contribution in [3.8, 4) is 0 Å². The van der Waals surface area contributed by atoms with Crippen molar-refractivity contribution in [3.05, 3.63) is 46.7 Å². The number of carbonyl (C=O) groups is 2. The fraction of sp³-hybridized carbons (Fsp3) is 0.312. The molecule has 2 amide bonds. The van der Waals surface area contributed by atoms with Crippen LogP contribution in [0.5, 0.6) is 0 Å². The Morgan fingerprint density at radius 2 is 2.04 bits per heavy atom. The van der Waals surface area contributed by atoms with Gasteiger partial charge in [0, 0.05) is 17.6 Å². The smallest absolute Gasteiger partial charge is 0.238 e. The Labute approximate surface area is 149 Å². The third-order valence-electron chi connectivity index (χ3n) is 3.12. The molecule has 0 fully saturated rings. The molecule has 0 aliphatic carbocycles. The Bertz CT molecular complexity index is 703. The summed E-state index contributed by atoms with van der Waals surface area (Å²) in [6, 6.07) is 8.89. The number of amides is 2. The van der Waals surface area contributed by atoms with Crippen LogP contribution in [0.25, 0.3) is 0 Å². The zero-order valence-corrected chi connectivity index (χ0v) is 14.9. The van der Waals surface area contributed by atoms with E-state index in [4.69, 9.17) is 16.1 Å². The van der Waals surface area contributed by atoms with Gasteiger partial charge in [0.2, 0.25) is 11.8 Å². The Morgan fingerprint density at radius 3 is 2.67 bits per heavy atom. The largest absolute Gasteiger partial charge is 0.360 e. The molecule has 0 radical (unpaired) electrons. The van der Waals surface area contributed by atoms with Crippen LogP contribution in [0, 0.1) is 6.92 Å². The number of aromatic nitrogens is 1. The molecule has 0 saturated carbocycles. The number of carbonyl (C=O) groups excluding carboxylic acids is 2. The molecule has 1 atom stereocenters. The van der Waals surface area contributed by atoms with Gasteiger partial charge in [-0.05, 0) is 31.5 Å². The quantitative estimate of drug-likeness (QED) is 0.785. The molecule has 1 aromatic heterocycles. The minimum absolute atomic E-state index is 0.133. The van der Waals surface area contributed by atoms with Crippen molar-refractivity contribution in [2.45, 2.75) is 25.6 Å². The fourth-order valence-corrected chi connectivity index (χ4v) is 2.62. The van der Waals surface area contributed by atoms with Gasteiger partial charge in [-0.2, -0.15) is 0 Å². The lowest BCUT2D eigenvalue weighted by Crippen LogP contribution is -2.28. The van der Waals surface area contributed by atoms with Gasteiger partial charge in [-0.15, -0.1) is 11.8 Å². The summed E-state index contributed by atoms with van der Waals surface area (Å²) in [6.07, 6.45) is 0. The van der Waals surface area contributed by atoms with Crippen molar-refractivity contribution in [2.24, 2.45) is 0 Å². The maximum Gasteiger partial charge on any atom is 0.238 e. The van der Waals surface area contributed by atoms with Crippen molar-refractivity contribution in [1.82, 2.24) is 10.5 Å². The fourth-order valence-electron chi connectivity index (χ4n) is 1.78. The molecular formula is C16H18ClN3O3S. The van der Waals surface area contributed by atoms with E-state index in [0.29, 0.717) is 23.1 Å². The molecule has 1 unspecified atom stereocenters. The highest BCUT2D eigenvalue weighted by Gasteiger charge is 2.16. The average Bonchev–Trinajstić information content (AvgIpc) is 2.96. The maximum atomic E-state index is 12.0. The van der Waals surface area contributed by atoms with Crippen LogP contribution in [0.3, 0.4) is 0 Å². The molecule has 0 aliphatic rings. The van der Waals surface area contributed by atoms with Gasteiger partial charge in [0.25, 0.3) is 0 Å². The summed E-state index contributed by atoms with van der Waals surface area (Å²) in [7, 11) is 0. The number of hydrogen-bond acceptors (Lipinski definition) is 5. The average molecular weight is 368 g/mol. The number of rotatable bonds is 7. The Balaban J connectivity index is 1.70. The van der Waals surface area contributed by atoms with E-state index in [1.807, 2.05) is 12.1 Å². The summed E-state index contributed by atoms with van der Waals surface area (Å²) >= 11 is 7.06. The van der Waals surface area contributed by atoms with E-state index in [9.17, 15) is 9.59 Å². The molecule has 0 saturated heterocycles. The van der Waals surface area contributed by atoms with E-state index in [2.05, 4.69) is 15.8 Å². The zero-order chi connectivity index (χ0) is 17.5. The SMILES string of the molecule is Cc1cc(NC(=O)C(C)SCC(=O)NCc2ccc(Cl)cc2)no1. The van der Waals surface area contributed by atoms with Crippen molar-refractivity contribution < 1.29 is 14.1 Å². The van der Waals surface area contributed by atoms with Gasteiger partial charge in [0.05, 0.1) is 11.0 Å². The number of hydrogen-bond donors (Lipinski definition) is 2. The number of halogens is 1. The van der Waals surface area contributed by atoms with Crippen LogP contribution in [0.1, 0.15) is 18.2 Å². The molecule has 24 heavy (non-hydrogen) atoms.